The molecule has 0 N–H and O–H groups in total. The highest BCUT2D eigenvalue weighted by Crippen LogP contribution is 2.33. The van der Waals surface area contributed by atoms with Gasteiger partial charge in [-0.2, -0.15) is 0 Å². The Morgan fingerprint density at radius 1 is 1.24 bits per heavy atom. The molecule has 25 heavy (non-hydrogen) atoms. The predicted molar refractivity (Wildman–Crippen MR) is 93.6 cm³/mol. The molecule has 0 bridgehead atoms. The zero-order valence-corrected chi connectivity index (χ0v) is 14.0. The van der Waals surface area contributed by atoms with Crippen LogP contribution in [0.3, 0.4) is 0 Å². The maximum Gasteiger partial charge on any atom is 0.261 e. The van der Waals surface area contributed by atoms with Crippen LogP contribution in [0, 0.1) is 0 Å². The van der Waals surface area contributed by atoms with Crippen LogP contribution in [-0.2, 0) is 0 Å². The van der Waals surface area contributed by atoms with Crippen molar-refractivity contribution in [3.8, 4) is 17.2 Å². The molecule has 2 aromatic carbocycles. The first kappa shape index (κ1) is 15.5. The van der Waals surface area contributed by atoms with E-state index in [4.69, 9.17) is 14.2 Å². The minimum absolute atomic E-state index is 0.126. The fourth-order valence-corrected chi connectivity index (χ4v) is 2.98. The van der Waals surface area contributed by atoms with E-state index >= 15 is 0 Å². The first-order chi connectivity index (χ1) is 12.2. The number of fused-ring (bicyclic) bond motifs is 2. The molecule has 1 aliphatic rings. The van der Waals surface area contributed by atoms with Crippen molar-refractivity contribution in [1.82, 2.24) is 9.55 Å². The molecule has 0 fully saturated rings. The van der Waals surface area contributed by atoms with Crippen molar-refractivity contribution in [1.29, 1.82) is 0 Å². The molecule has 2 heterocycles. The molecule has 0 unspecified atom stereocenters. The molecule has 0 radical (unpaired) electrons. The SMILES string of the molecule is COc1ccc2ncn([C@@H](C)[C@@H]3COc4ccccc4O3)c(=O)c2c1. The molecule has 1 aromatic heterocycles. The van der Waals surface area contributed by atoms with Gasteiger partial charge in [0, 0.05) is 0 Å². The molecule has 6 heteroatoms. The van der Waals surface area contributed by atoms with Crippen LogP contribution in [0.25, 0.3) is 10.9 Å². The van der Waals surface area contributed by atoms with E-state index in [1.54, 1.807) is 36.2 Å². The largest absolute Gasteiger partial charge is 0.497 e. The lowest BCUT2D eigenvalue weighted by Gasteiger charge is -2.31. The molecule has 4 rings (SSSR count). The summed E-state index contributed by atoms with van der Waals surface area (Å²) in [5, 5.41) is 0.519. The standard InChI is InChI=1S/C19H18N2O4/c1-12(18-10-24-16-5-3-4-6-17(16)25-18)21-11-20-15-8-7-13(23-2)9-14(15)19(21)22/h3-9,11-12,18H,10H2,1-2H3/t12-,18-/m0/s1. The second kappa shape index (κ2) is 6.12. The van der Waals surface area contributed by atoms with Gasteiger partial charge in [-0.25, -0.2) is 4.98 Å². The quantitative estimate of drug-likeness (QED) is 0.735. The lowest BCUT2D eigenvalue weighted by molar-refractivity contribution is 0.0559. The van der Waals surface area contributed by atoms with Gasteiger partial charge in [-0.15, -0.1) is 0 Å². The second-order valence-electron chi connectivity index (χ2n) is 5.99. The highest BCUT2D eigenvalue weighted by atomic mass is 16.6. The summed E-state index contributed by atoms with van der Waals surface area (Å²) in [6, 6.07) is 12.6. The monoisotopic (exact) mass is 338 g/mol. The number of hydrogen-bond acceptors (Lipinski definition) is 5. The summed E-state index contributed by atoms with van der Waals surface area (Å²) in [4.78, 5) is 17.3. The average Bonchev–Trinajstić information content (AvgIpc) is 2.67. The van der Waals surface area contributed by atoms with Crippen molar-refractivity contribution >= 4 is 10.9 Å². The third-order valence-electron chi connectivity index (χ3n) is 4.50. The van der Waals surface area contributed by atoms with E-state index in [0.717, 1.165) is 5.75 Å². The van der Waals surface area contributed by atoms with Crippen LogP contribution in [-0.4, -0.2) is 29.4 Å². The van der Waals surface area contributed by atoms with Gasteiger partial charge in [-0.3, -0.25) is 9.36 Å². The van der Waals surface area contributed by atoms with Crippen molar-refractivity contribution < 1.29 is 14.2 Å². The number of hydrogen-bond donors (Lipinski definition) is 0. The van der Waals surface area contributed by atoms with Gasteiger partial charge < -0.3 is 14.2 Å². The minimum Gasteiger partial charge on any atom is -0.497 e. The number of nitrogens with zero attached hydrogens (tertiary/aromatic N) is 2. The molecule has 0 amide bonds. The van der Waals surface area contributed by atoms with Crippen LogP contribution in [0.2, 0.25) is 0 Å². The van der Waals surface area contributed by atoms with E-state index in [9.17, 15) is 4.79 Å². The molecule has 128 valence electrons. The molecule has 2 atom stereocenters. The predicted octanol–water partition coefficient (Wildman–Crippen LogP) is 2.81. The fraction of sp³-hybridized carbons (Fsp3) is 0.263. The average molecular weight is 338 g/mol. The molecular weight excluding hydrogens is 320 g/mol. The van der Waals surface area contributed by atoms with Gasteiger partial charge in [0.1, 0.15) is 12.4 Å². The molecular formula is C19H18N2O4. The van der Waals surface area contributed by atoms with E-state index < -0.39 is 0 Å². The van der Waals surface area contributed by atoms with Gasteiger partial charge in [0.05, 0.1) is 30.4 Å². The second-order valence-corrected chi connectivity index (χ2v) is 5.99. The minimum atomic E-state index is -0.280. The number of benzene rings is 2. The Kier molecular flexibility index (Phi) is 3.80. The van der Waals surface area contributed by atoms with Crippen molar-refractivity contribution in [2.45, 2.75) is 19.1 Å². The Morgan fingerprint density at radius 3 is 2.84 bits per heavy atom. The van der Waals surface area contributed by atoms with Crippen molar-refractivity contribution in [2.75, 3.05) is 13.7 Å². The van der Waals surface area contributed by atoms with Crippen LogP contribution in [0.15, 0.2) is 53.6 Å². The first-order valence-corrected chi connectivity index (χ1v) is 8.11. The first-order valence-electron chi connectivity index (χ1n) is 8.11. The Morgan fingerprint density at radius 2 is 2.04 bits per heavy atom. The van der Waals surface area contributed by atoms with E-state index in [0.29, 0.717) is 29.0 Å². The third-order valence-corrected chi connectivity index (χ3v) is 4.50. The Hall–Kier alpha value is -3.02. The Balaban J connectivity index is 1.70. The lowest BCUT2D eigenvalue weighted by Crippen LogP contribution is -2.39. The van der Waals surface area contributed by atoms with Gasteiger partial charge in [0.25, 0.3) is 5.56 Å². The number of para-hydroxylation sites is 2. The molecule has 6 nitrogen and oxygen atoms in total. The molecule has 0 spiro atoms. The van der Waals surface area contributed by atoms with Gasteiger partial charge >= 0.3 is 0 Å². The van der Waals surface area contributed by atoms with Crippen LogP contribution < -0.4 is 19.8 Å². The number of rotatable bonds is 3. The summed E-state index contributed by atoms with van der Waals surface area (Å²) in [6.07, 6.45) is 1.28. The van der Waals surface area contributed by atoms with E-state index in [1.165, 1.54) is 0 Å². The summed E-state index contributed by atoms with van der Waals surface area (Å²) >= 11 is 0. The lowest BCUT2D eigenvalue weighted by atomic mass is 10.1. The van der Waals surface area contributed by atoms with Gasteiger partial charge in [0.2, 0.25) is 0 Å². The van der Waals surface area contributed by atoms with Gasteiger partial charge in [-0.05, 0) is 37.3 Å². The number of methoxy groups -OCH3 is 1. The van der Waals surface area contributed by atoms with Crippen molar-refractivity contribution in [3.63, 3.8) is 0 Å². The maximum absolute atomic E-state index is 12.9. The zero-order chi connectivity index (χ0) is 17.4. The summed E-state index contributed by atoms with van der Waals surface area (Å²) < 4.78 is 18.6. The van der Waals surface area contributed by atoms with Gasteiger partial charge in [-0.1, -0.05) is 12.1 Å². The van der Waals surface area contributed by atoms with E-state index in [1.807, 2.05) is 31.2 Å². The Labute approximate surface area is 144 Å². The van der Waals surface area contributed by atoms with Gasteiger partial charge in [0.15, 0.2) is 17.6 Å². The van der Waals surface area contributed by atoms with Crippen LogP contribution >= 0.6 is 0 Å². The Bertz CT molecular complexity index is 983. The summed E-state index contributed by atoms with van der Waals surface area (Å²) in [5.41, 5.74) is 0.513. The van der Waals surface area contributed by atoms with Crippen LogP contribution in [0.4, 0.5) is 0 Å². The molecule has 0 aliphatic carbocycles. The summed E-state index contributed by atoms with van der Waals surface area (Å²) in [5.74, 6) is 2.04. The number of aromatic nitrogens is 2. The van der Waals surface area contributed by atoms with Crippen molar-refractivity contribution in [3.05, 3.63) is 59.1 Å². The molecule has 0 saturated carbocycles. The maximum atomic E-state index is 12.9. The summed E-state index contributed by atoms with van der Waals surface area (Å²) in [6.45, 7) is 2.30. The highest BCUT2D eigenvalue weighted by Gasteiger charge is 2.28. The zero-order valence-electron chi connectivity index (χ0n) is 14.0. The molecule has 0 saturated heterocycles. The van der Waals surface area contributed by atoms with Crippen LogP contribution in [0.1, 0.15) is 13.0 Å². The number of ether oxygens (including phenoxy) is 3. The van der Waals surface area contributed by atoms with E-state index in [2.05, 4.69) is 4.98 Å². The molecule has 1 aliphatic heterocycles. The van der Waals surface area contributed by atoms with Crippen LogP contribution in [0.5, 0.6) is 17.2 Å². The summed E-state index contributed by atoms with van der Waals surface area (Å²) in [7, 11) is 1.57. The third kappa shape index (κ3) is 2.69. The normalized spacial score (nSPS) is 17.3. The fourth-order valence-electron chi connectivity index (χ4n) is 2.98. The van der Waals surface area contributed by atoms with Crippen molar-refractivity contribution in [2.24, 2.45) is 0 Å². The van der Waals surface area contributed by atoms with E-state index in [-0.39, 0.29) is 17.7 Å². The smallest absolute Gasteiger partial charge is 0.261 e. The molecule has 3 aromatic rings. The highest BCUT2D eigenvalue weighted by molar-refractivity contribution is 5.78. The topological polar surface area (TPSA) is 62.6 Å².